The molecular formula is C13H10Br2N2O4S. The number of ether oxygens (including phenoxy) is 1. The van der Waals surface area contributed by atoms with Crippen molar-refractivity contribution in [3.63, 3.8) is 0 Å². The van der Waals surface area contributed by atoms with Crippen LogP contribution in [0.2, 0.25) is 0 Å². The van der Waals surface area contributed by atoms with E-state index in [2.05, 4.69) is 31.9 Å². The fraction of sp³-hybridized carbons (Fsp3) is 0.154. The summed E-state index contributed by atoms with van der Waals surface area (Å²) in [6.07, 6.45) is 1.54. The molecule has 0 spiro atoms. The zero-order chi connectivity index (χ0) is 16.4. The molecule has 0 atom stereocenters. The monoisotopic (exact) mass is 448 g/mol. The average Bonchev–Trinajstić information content (AvgIpc) is 2.65. The number of carbonyl (C=O) groups is 3. The van der Waals surface area contributed by atoms with Crippen LogP contribution >= 0.6 is 43.6 Å². The number of nitrogens with zero attached hydrogens (tertiary/aromatic N) is 1. The van der Waals surface area contributed by atoms with Crippen LogP contribution in [0.5, 0.6) is 5.75 Å². The molecule has 0 unspecified atom stereocenters. The van der Waals surface area contributed by atoms with Crippen molar-refractivity contribution in [2.24, 2.45) is 5.73 Å². The van der Waals surface area contributed by atoms with Gasteiger partial charge in [0.2, 0.25) is 5.91 Å². The SMILES string of the molecule is COc1c(Br)cc(Br)cc1/C=C1\SC(=O)N(CC(N)=O)C1=O. The number of imide groups is 1. The van der Waals surface area contributed by atoms with Crippen molar-refractivity contribution in [2.75, 3.05) is 13.7 Å². The van der Waals surface area contributed by atoms with E-state index in [1.54, 1.807) is 18.2 Å². The van der Waals surface area contributed by atoms with Crippen molar-refractivity contribution < 1.29 is 19.1 Å². The molecule has 0 saturated carbocycles. The number of primary amides is 1. The summed E-state index contributed by atoms with van der Waals surface area (Å²) < 4.78 is 6.77. The van der Waals surface area contributed by atoms with Crippen LogP contribution in [0.4, 0.5) is 4.79 Å². The molecule has 0 aromatic heterocycles. The van der Waals surface area contributed by atoms with Gasteiger partial charge in [-0.05, 0) is 45.9 Å². The largest absolute Gasteiger partial charge is 0.495 e. The Labute approximate surface area is 147 Å². The average molecular weight is 450 g/mol. The zero-order valence-corrected chi connectivity index (χ0v) is 15.2. The summed E-state index contributed by atoms with van der Waals surface area (Å²) >= 11 is 7.47. The smallest absolute Gasteiger partial charge is 0.294 e. The number of benzene rings is 1. The lowest BCUT2D eigenvalue weighted by Crippen LogP contribution is -2.36. The maximum absolute atomic E-state index is 12.2. The van der Waals surface area contributed by atoms with Gasteiger partial charge < -0.3 is 10.5 Å². The van der Waals surface area contributed by atoms with Gasteiger partial charge in [0.05, 0.1) is 16.5 Å². The molecule has 1 aliphatic rings. The van der Waals surface area contributed by atoms with Crippen LogP contribution in [-0.2, 0) is 9.59 Å². The van der Waals surface area contributed by atoms with E-state index in [0.717, 1.165) is 21.1 Å². The number of thioether (sulfide) groups is 1. The van der Waals surface area contributed by atoms with Crippen molar-refractivity contribution in [2.45, 2.75) is 0 Å². The molecule has 0 aliphatic carbocycles. The van der Waals surface area contributed by atoms with Crippen molar-refractivity contribution >= 4 is 66.8 Å². The van der Waals surface area contributed by atoms with E-state index in [-0.39, 0.29) is 4.91 Å². The topological polar surface area (TPSA) is 89.7 Å². The normalized spacial score (nSPS) is 16.5. The number of amides is 3. The number of hydrogen-bond acceptors (Lipinski definition) is 5. The number of carbonyl (C=O) groups excluding carboxylic acids is 3. The fourth-order valence-corrected chi connectivity index (χ4v) is 4.09. The standard InChI is InChI=1S/C13H10Br2N2O4S/c1-21-11-6(2-7(14)4-8(11)15)3-9-12(19)17(5-10(16)18)13(20)22-9/h2-4H,5H2,1H3,(H2,16,18)/b9-3-. The lowest BCUT2D eigenvalue weighted by Gasteiger charge is -2.10. The molecule has 9 heteroatoms. The Morgan fingerprint density at radius 2 is 2.09 bits per heavy atom. The summed E-state index contributed by atoms with van der Waals surface area (Å²) in [6, 6.07) is 3.56. The van der Waals surface area contributed by atoms with Crippen LogP contribution < -0.4 is 10.5 Å². The third-order valence-corrected chi connectivity index (χ3v) is 4.67. The summed E-state index contributed by atoms with van der Waals surface area (Å²) in [5, 5.41) is -0.525. The molecule has 3 amide bonds. The Morgan fingerprint density at radius 3 is 2.68 bits per heavy atom. The Balaban J connectivity index is 2.41. The molecule has 1 heterocycles. The second kappa shape index (κ2) is 6.84. The highest BCUT2D eigenvalue weighted by molar-refractivity contribution is 9.11. The maximum atomic E-state index is 12.2. The number of methoxy groups -OCH3 is 1. The van der Waals surface area contributed by atoms with Crippen LogP contribution in [0.25, 0.3) is 6.08 Å². The van der Waals surface area contributed by atoms with Gasteiger partial charge >= 0.3 is 0 Å². The van der Waals surface area contributed by atoms with E-state index < -0.39 is 23.6 Å². The molecule has 2 N–H and O–H groups in total. The second-order valence-corrected chi connectivity index (χ2v) is 7.01. The molecule has 1 saturated heterocycles. The zero-order valence-electron chi connectivity index (χ0n) is 11.3. The molecule has 0 bridgehead atoms. The summed E-state index contributed by atoms with van der Waals surface area (Å²) in [5.41, 5.74) is 5.65. The lowest BCUT2D eigenvalue weighted by atomic mass is 10.2. The van der Waals surface area contributed by atoms with E-state index in [0.29, 0.717) is 15.8 Å². The van der Waals surface area contributed by atoms with Crippen molar-refractivity contribution in [3.05, 3.63) is 31.5 Å². The molecule has 6 nitrogen and oxygen atoms in total. The highest BCUT2D eigenvalue weighted by Gasteiger charge is 2.36. The van der Waals surface area contributed by atoms with Crippen LogP contribution in [0, 0.1) is 0 Å². The molecule has 22 heavy (non-hydrogen) atoms. The van der Waals surface area contributed by atoms with Crippen LogP contribution in [-0.4, -0.2) is 35.6 Å². The fourth-order valence-electron chi connectivity index (χ4n) is 1.84. The lowest BCUT2D eigenvalue weighted by molar-refractivity contribution is -0.127. The Kier molecular flexibility index (Phi) is 5.30. The van der Waals surface area contributed by atoms with Crippen LogP contribution in [0.15, 0.2) is 26.0 Å². The number of hydrogen-bond donors (Lipinski definition) is 1. The molecule has 0 radical (unpaired) electrons. The van der Waals surface area contributed by atoms with E-state index in [1.165, 1.54) is 7.11 Å². The van der Waals surface area contributed by atoms with Gasteiger partial charge in [0.1, 0.15) is 12.3 Å². The predicted molar refractivity (Wildman–Crippen MR) is 90.3 cm³/mol. The number of halogens is 2. The van der Waals surface area contributed by atoms with Crippen molar-refractivity contribution in [3.8, 4) is 5.75 Å². The van der Waals surface area contributed by atoms with E-state index in [1.807, 2.05) is 0 Å². The quantitative estimate of drug-likeness (QED) is 0.713. The first kappa shape index (κ1) is 17.0. The molecule has 1 aromatic carbocycles. The Morgan fingerprint density at radius 1 is 1.41 bits per heavy atom. The van der Waals surface area contributed by atoms with Crippen LogP contribution in [0.1, 0.15) is 5.56 Å². The summed E-state index contributed by atoms with van der Waals surface area (Å²) in [7, 11) is 1.50. The van der Waals surface area contributed by atoms with Gasteiger partial charge in [-0.2, -0.15) is 0 Å². The summed E-state index contributed by atoms with van der Waals surface area (Å²) in [5.74, 6) is -0.761. The minimum atomic E-state index is -0.744. The molecular weight excluding hydrogens is 440 g/mol. The molecule has 1 aromatic rings. The van der Waals surface area contributed by atoms with Gasteiger partial charge in [0.15, 0.2) is 0 Å². The van der Waals surface area contributed by atoms with Gasteiger partial charge in [-0.15, -0.1) is 0 Å². The van der Waals surface area contributed by atoms with E-state index >= 15 is 0 Å². The van der Waals surface area contributed by atoms with Crippen LogP contribution in [0.3, 0.4) is 0 Å². The van der Waals surface area contributed by atoms with E-state index in [4.69, 9.17) is 10.5 Å². The number of nitrogens with two attached hydrogens (primary N) is 1. The Hall–Kier alpha value is -1.32. The molecule has 1 aliphatic heterocycles. The second-order valence-electron chi connectivity index (χ2n) is 4.24. The first-order valence-electron chi connectivity index (χ1n) is 5.90. The van der Waals surface area contributed by atoms with Gasteiger partial charge in [0.25, 0.3) is 11.1 Å². The molecule has 116 valence electrons. The number of rotatable bonds is 4. The minimum Gasteiger partial charge on any atom is -0.495 e. The summed E-state index contributed by atoms with van der Waals surface area (Å²) in [6.45, 7) is -0.429. The first-order chi connectivity index (χ1) is 10.3. The first-order valence-corrected chi connectivity index (χ1v) is 8.30. The summed E-state index contributed by atoms with van der Waals surface area (Å²) in [4.78, 5) is 35.9. The highest BCUT2D eigenvalue weighted by Crippen LogP contribution is 2.37. The molecule has 2 rings (SSSR count). The molecule has 1 fully saturated rings. The van der Waals surface area contributed by atoms with E-state index in [9.17, 15) is 14.4 Å². The third kappa shape index (κ3) is 3.53. The Bertz CT molecular complexity index is 706. The van der Waals surface area contributed by atoms with Gasteiger partial charge in [-0.1, -0.05) is 15.9 Å². The van der Waals surface area contributed by atoms with Crippen molar-refractivity contribution in [1.82, 2.24) is 4.90 Å². The third-order valence-electron chi connectivity index (χ3n) is 2.72. The van der Waals surface area contributed by atoms with Gasteiger partial charge in [-0.25, -0.2) is 0 Å². The minimum absolute atomic E-state index is 0.203. The maximum Gasteiger partial charge on any atom is 0.294 e. The van der Waals surface area contributed by atoms with Gasteiger partial charge in [-0.3, -0.25) is 19.3 Å². The highest BCUT2D eigenvalue weighted by atomic mass is 79.9. The predicted octanol–water partition coefficient (Wildman–Crippen LogP) is 2.74. The van der Waals surface area contributed by atoms with Gasteiger partial charge in [0, 0.05) is 10.0 Å². The van der Waals surface area contributed by atoms with Crippen molar-refractivity contribution in [1.29, 1.82) is 0 Å².